The van der Waals surface area contributed by atoms with E-state index in [9.17, 15) is 9.59 Å². The lowest BCUT2D eigenvalue weighted by Crippen LogP contribution is -2.36. The summed E-state index contributed by atoms with van der Waals surface area (Å²) in [7, 11) is 0. The molecule has 2 aromatic heterocycles. The van der Waals surface area contributed by atoms with Crippen LogP contribution in [0.4, 0.5) is 0 Å². The largest absolute Gasteiger partial charge is 0.354 e. The number of aromatic amines is 1. The van der Waals surface area contributed by atoms with Gasteiger partial charge in [0.25, 0.3) is 5.56 Å². The number of carbonyl (C=O) groups is 1. The first-order valence-corrected chi connectivity index (χ1v) is 13.8. The number of nitrogens with zero attached hydrogens (tertiary/aromatic N) is 2. The first-order chi connectivity index (χ1) is 16.2. The fraction of sp³-hybridized carbons (Fsp3) is 0.480. The summed E-state index contributed by atoms with van der Waals surface area (Å²) in [5, 5.41) is 3.94. The van der Waals surface area contributed by atoms with E-state index in [0.717, 1.165) is 42.6 Å². The van der Waals surface area contributed by atoms with Crippen molar-refractivity contribution in [3.8, 4) is 0 Å². The number of benzene rings is 1. The van der Waals surface area contributed by atoms with Crippen molar-refractivity contribution in [1.29, 1.82) is 0 Å². The zero-order valence-electron chi connectivity index (χ0n) is 18.8. The molecule has 1 amide bonds. The molecule has 1 aliphatic carbocycles. The highest BCUT2D eigenvalue weighted by Crippen LogP contribution is 2.34. The number of carbonyl (C=O) groups excluding carboxylic acids is 1. The molecule has 0 spiro atoms. The Bertz CT molecular complexity index is 1170. The topological polar surface area (TPSA) is 78.1 Å². The Balaban J connectivity index is 1.11. The Labute approximate surface area is 202 Å². The fourth-order valence-electron chi connectivity index (χ4n) is 4.93. The van der Waals surface area contributed by atoms with Gasteiger partial charge in [-0.15, -0.1) is 11.3 Å². The smallest absolute Gasteiger partial charge is 0.259 e. The molecule has 8 heteroatoms. The highest BCUT2D eigenvalue weighted by molar-refractivity contribution is 7.98. The number of thiophene rings is 1. The van der Waals surface area contributed by atoms with Gasteiger partial charge < -0.3 is 10.3 Å². The summed E-state index contributed by atoms with van der Waals surface area (Å²) >= 11 is 3.31. The average molecular weight is 483 g/mol. The molecule has 1 aromatic carbocycles. The van der Waals surface area contributed by atoms with E-state index in [-0.39, 0.29) is 17.5 Å². The van der Waals surface area contributed by atoms with Gasteiger partial charge in [0, 0.05) is 23.6 Å². The van der Waals surface area contributed by atoms with E-state index in [1.54, 1.807) is 23.1 Å². The minimum Gasteiger partial charge on any atom is -0.354 e. The number of aryl methyl sites for hydroxylation is 2. The zero-order chi connectivity index (χ0) is 22.6. The molecule has 2 aliphatic rings. The molecule has 1 aliphatic heterocycles. The third kappa shape index (κ3) is 5.18. The second-order valence-electron chi connectivity index (χ2n) is 8.83. The van der Waals surface area contributed by atoms with Crippen LogP contribution in [0.2, 0.25) is 0 Å². The van der Waals surface area contributed by atoms with Crippen molar-refractivity contribution >= 4 is 39.2 Å². The zero-order valence-corrected chi connectivity index (χ0v) is 20.4. The molecule has 1 atom stereocenters. The van der Waals surface area contributed by atoms with E-state index in [4.69, 9.17) is 0 Å². The Morgan fingerprint density at radius 3 is 2.82 bits per heavy atom. The predicted molar refractivity (Wildman–Crippen MR) is 136 cm³/mol. The van der Waals surface area contributed by atoms with Crippen LogP contribution < -0.4 is 10.9 Å². The summed E-state index contributed by atoms with van der Waals surface area (Å²) < 4.78 is 0. The molecular formula is C25H30N4O2S2. The van der Waals surface area contributed by atoms with Gasteiger partial charge in [-0.25, -0.2) is 4.98 Å². The molecular weight excluding hydrogens is 452 g/mol. The van der Waals surface area contributed by atoms with Gasteiger partial charge in [-0.05, 0) is 56.3 Å². The van der Waals surface area contributed by atoms with Crippen molar-refractivity contribution < 1.29 is 4.79 Å². The monoisotopic (exact) mass is 482 g/mol. The molecule has 3 aromatic rings. The van der Waals surface area contributed by atoms with E-state index in [0.29, 0.717) is 30.3 Å². The van der Waals surface area contributed by atoms with Gasteiger partial charge in [0.05, 0.1) is 17.2 Å². The number of thioether (sulfide) groups is 1. The number of H-pyrrole nitrogens is 1. The van der Waals surface area contributed by atoms with Gasteiger partial charge in [-0.3, -0.25) is 14.5 Å². The molecule has 3 heterocycles. The number of fused-ring (bicyclic) bond motifs is 3. The van der Waals surface area contributed by atoms with Crippen molar-refractivity contribution in [2.75, 3.05) is 25.4 Å². The van der Waals surface area contributed by atoms with E-state index < -0.39 is 0 Å². The Kier molecular flexibility index (Phi) is 7.13. The molecule has 174 valence electrons. The van der Waals surface area contributed by atoms with Crippen molar-refractivity contribution in [2.24, 2.45) is 0 Å². The third-order valence-corrected chi connectivity index (χ3v) is 8.75. The minimum absolute atomic E-state index is 0.0124. The summed E-state index contributed by atoms with van der Waals surface area (Å²) in [5.41, 5.74) is 2.46. The maximum Gasteiger partial charge on any atom is 0.259 e. The van der Waals surface area contributed by atoms with Crippen LogP contribution in [-0.4, -0.2) is 46.2 Å². The van der Waals surface area contributed by atoms with E-state index in [2.05, 4.69) is 44.5 Å². The van der Waals surface area contributed by atoms with Gasteiger partial charge in [-0.2, -0.15) is 11.8 Å². The predicted octanol–water partition coefficient (Wildman–Crippen LogP) is 4.05. The van der Waals surface area contributed by atoms with Crippen LogP contribution in [-0.2, 0) is 23.4 Å². The summed E-state index contributed by atoms with van der Waals surface area (Å²) in [5.74, 6) is 2.10. The lowest BCUT2D eigenvalue weighted by Gasteiger charge is -2.28. The molecule has 0 bridgehead atoms. The molecule has 0 radical (unpaired) electrons. The third-order valence-electron chi connectivity index (χ3n) is 6.59. The van der Waals surface area contributed by atoms with Gasteiger partial charge in [-0.1, -0.05) is 30.3 Å². The fourth-order valence-corrected chi connectivity index (χ4v) is 7.02. The first kappa shape index (κ1) is 22.6. The molecule has 1 fully saturated rings. The van der Waals surface area contributed by atoms with Crippen LogP contribution in [0.5, 0.6) is 0 Å². The number of likely N-dealkylation sites (tertiary alicyclic amines) is 1. The van der Waals surface area contributed by atoms with Crippen molar-refractivity contribution in [2.45, 2.75) is 50.3 Å². The lowest BCUT2D eigenvalue weighted by molar-refractivity contribution is -0.120. The van der Waals surface area contributed by atoms with Gasteiger partial charge in [0.2, 0.25) is 5.91 Å². The van der Waals surface area contributed by atoms with Crippen molar-refractivity contribution in [3.05, 3.63) is 62.5 Å². The second kappa shape index (κ2) is 10.4. The van der Waals surface area contributed by atoms with Gasteiger partial charge in [0.15, 0.2) is 0 Å². The molecule has 5 rings (SSSR count). The van der Waals surface area contributed by atoms with Gasteiger partial charge in [0.1, 0.15) is 10.7 Å². The van der Waals surface area contributed by atoms with Crippen LogP contribution in [0.25, 0.3) is 10.2 Å². The van der Waals surface area contributed by atoms with Crippen LogP contribution in [0.3, 0.4) is 0 Å². The Hall–Kier alpha value is -2.16. The number of aromatic nitrogens is 2. The van der Waals surface area contributed by atoms with Gasteiger partial charge >= 0.3 is 0 Å². The summed E-state index contributed by atoms with van der Waals surface area (Å²) in [6.45, 7) is 2.82. The van der Waals surface area contributed by atoms with Crippen LogP contribution in [0.1, 0.15) is 53.6 Å². The highest BCUT2D eigenvalue weighted by Gasteiger charge is 2.24. The highest BCUT2D eigenvalue weighted by atomic mass is 32.2. The average Bonchev–Trinajstić information content (AvgIpc) is 3.55. The summed E-state index contributed by atoms with van der Waals surface area (Å²) in [6, 6.07) is 10.7. The molecule has 1 saturated heterocycles. The number of nitrogens with one attached hydrogen (secondary N) is 2. The van der Waals surface area contributed by atoms with E-state index in [1.807, 2.05) is 6.07 Å². The van der Waals surface area contributed by atoms with E-state index >= 15 is 0 Å². The van der Waals surface area contributed by atoms with Crippen LogP contribution in [0.15, 0.2) is 35.1 Å². The van der Waals surface area contributed by atoms with Crippen molar-refractivity contribution in [1.82, 2.24) is 20.2 Å². The van der Waals surface area contributed by atoms with Crippen LogP contribution >= 0.6 is 23.1 Å². The second-order valence-corrected chi connectivity index (χ2v) is 11.0. The first-order valence-electron chi connectivity index (χ1n) is 11.9. The number of hydrogen-bond acceptors (Lipinski definition) is 6. The van der Waals surface area contributed by atoms with Crippen LogP contribution in [0, 0.1) is 0 Å². The van der Waals surface area contributed by atoms with Crippen molar-refractivity contribution in [3.63, 3.8) is 0 Å². The molecule has 0 saturated carbocycles. The minimum atomic E-state index is -0.0124. The summed E-state index contributed by atoms with van der Waals surface area (Å²) in [6.07, 6.45) is 6.12. The van der Waals surface area contributed by atoms with E-state index in [1.165, 1.54) is 28.8 Å². The molecule has 6 nitrogen and oxygen atoms in total. The molecule has 33 heavy (non-hydrogen) atoms. The Morgan fingerprint density at radius 2 is 2.00 bits per heavy atom. The number of rotatable bonds is 9. The number of amides is 1. The number of hydrogen-bond donors (Lipinski definition) is 2. The SMILES string of the molecule is O=C(CCSCc1nc2sc3c(c2c(=O)[nH]1)CCC3)NCC(c1ccccc1)N1CCCC1. The Morgan fingerprint density at radius 1 is 1.18 bits per heavy atom. The lowest BCUT2D eigenvalue weighted by atomic mass is 10.1. The maximum atomic E-state index is 12.6. The molecule has 2 N–H and O–H groups in total. The standard InChI is InChI=1S/C25H30N4O2S2/c30-22(26-15-19(29-12-4-5-13-29)17-7-2-1-3-8-17)11-14-32-16-21-27-24(31)23-18-9-6-10-20(18)33-25(23)28-21/h1-3,7-8,19H,4-6,9-16H2,(H,26,30)(H,27,28,31). The maximum absolute atomic E-state index is 12.6. The normalized spacial score (nSPS) is 16.8. The summed E-state index contributed by atoms with van der Waals surface area (Å²) in [4.78, 5) is 37.4. The molecule has 1 unspecified atom stereocenters. The quantitative estimate of drug-likeness (QED) is 0.450.